The molecular weight excluding hydrogens is 391 g/mol. The summed E-state index contributed by atoms with van der Waals surface area (Å²) in [4.78, 5) is 19.7. The third-order valence-corrected chi connectivity index (χ3v) is 5.62. The molecule has 2 atom stereocenters. The van der Waals surface area contributed by atoms with Gasteiger partial charge in [0.15, 0.2) is 5.78 Å². The maximum atomic E-state index is 14.6. The molecule has 1 heterocycles. The van der Waals surface area contributed by atoms with Crippen molar-refractivity contribution in [3.63, 3.8) is 0 Å². The number of carbonyl (C=O) groups is 1. The van der Waals surface area contributed by atoms with Crippen molar-refractivity contribution in [2.24, 2.45) is 10.7 Å². The van der Waals surface area contributed by atoms with E-state index in [1.165, 1.54) is 6.07 Å². The molecule has 0 fully saturated rings. The lowest BCUT2D eigenvalue weighted by molar-refractivity contribution is 0.0949. The van der Waals surface area contributed by atoms with Crippen LogP contribution >= 0.6 is 0 Å². The third kappa shape index (κ3) is 3.83. The minimum atomic E-state index is -0.852. The van der Waals surface area contributed by atoms with E-state index in [9.17, 15) is 9.18 Å². The third-order valence-electron chi connectivity index (χ3n) is 5.62. The van der Waals surface area contributed by atoms with Gasteiger partial charge in [-0.1, -0.05) is 42.5 Å². The van der Waals surface area contributed by atoms with Gasteiger partial charge in [0.05, 0.1) is 36.0 Å². The van der Waals surface area contributed by atoms with Crippen molar-refractivity contribution in [1.82, 2.24) is 0 Å². The zero-order chi connectivity index (χ0) is 22.0. The van der Waals surface area contributed by atoms with Gasteiger partial charge in [0, 0.05) is 29.4 Å². The van der Waals surface area contributed by atoms with Gasteiger partial charge in [0.2, 0.25) is 0 Å². The summed E-state index contributed by atoms with van der Waals surface area (Å²) in [7, 11) is 1.87. The molecule has 0 amide bonds. The summed E-state index contributed by atoms with van der Waals surface area (Å²) >= 11 is 0. The molecule has 1 aliphatic heterocycles. The normalized spacial score (nSPS) is 16.5. The first-order valence-electron chi connectivity index (χ1n) is 9.93. The van der Waals surface area contributed by atoms with Crippen molar-refractivity contribution < 1.29 is 9.18 Å². The lowest BCUT2D eigenvalue weighted by Gasteiger charge is -2.32. The van der Waals surface area contributed by atoms with Gasteiger partial charge in [-0.3, -0.25) is 9.79 Å². The van der Waals surface area contributed by atoms with Crippen LogP contribution in [0.3, 0.4) is 0 Å². The SMILES string of the molecule is CN1c2ccccc2C(c2ccccc2F)=NCC1C(N)C(=O)c1ccc(C#N)cc1. The van der Waals surface area contributed by atoms with Gasteiger partial charge >= 0.3 is 0 Å². The van der Waals surface area contributed by atoms with Crippen molar-refractivity contribution in [3.8, 4) is 6.07 Å². The van der Waals surface area contributed by atoms with Gasteiger partial charge in [-0.15, -0.1) is 0 Å². The summed E-state index contributed by atoms with van der Waals surface area (Å²) in [5, 5.41) is 8.97. The number of halogens is 1. The molecule has 154 valence electrons. The highest BCUT2D eigenvalue weighted by Crippen LogP contribution is 2.29. The first kappa shape index (κ1) is 20.5. The number of benzodiazepines with no additional fused rings is 1. The molecule has 31 heavy (non-hydrogen) atoms. The van der Waals surface area contributed by atoms with Gasteiger partial charge in [-0.2, -0.15) is 5.26 Å². The number of carbonyl (C=O) groups excluding carboxylic acids is 1. The number of nitrogens with zero attached hydrogens (tertiary/aromatic N) is 3. The van der Waals surface area contributed by atoms with Crippen LogP contribution in [0.4, 0.5) is 10.1 Å². The lowest BCUT2D eigenvalue weighted by atomic mass is 9.96. The quantitative estimate of drug-likeness (QED) is 0.664. The molecule has 0 radical (unpaired) electrons. The van der Waals surface area contributed by atoms with Crippen LogP contribution in [0.1, 0.15) is 27.0 Å². The number of hydrogen-bond donors (Lipinski definition) is 1. The minimum Gasteiger partial charge on any atom is -0.367 e. The van der Waals surface area contributed by atoms with Crippen molar-refractivity contribution >= 4 is 17.2 Å². The van der Waals surface area contributed by atoms with E-state index in [0.29, 0.717) is 22.4 Å². The Morgan fingerprint density at radius 2 is 1.74 bits per heavy atom. The Labute approximate surface area is 180 Å². The smallest absolute Gasteiger partial charge is 0.181 e. The van der Waals surface area contributed by atoms with E-state index in [1.807, 2.05) is 42.3 Å². The standard InChI is InChI=1S/C25H21FN4O/c1-30-21-9-5-3-7-19(21)24(18-6-2-4-8-20(18)26)29-15-22(30)23(28)25(31)17-12-10-16(14-27)11-13-17/h2-13,22-23H,15,28H2,1H3. The molecule has 2 N–H and O–H groups in total. The first-order chi connectivity index (χ1) is 15.0. The van der Waals surface area contributed by atoms with Crippen LogP contribution < -0.4 is 10.6 Å². The number of nitrogens with two attached hydrogens (primary N) is 1. The monoisotopic (exact) mass is 412 g/mol. The van der Waals surface area contributed by atoms with Crippen LogP contribution in [0, 0.1) is 17.1 Å². The average Bonchev–Trinajstić information content (AvgIpc) is 2.95. The number of anilines is 1. The zero-order valence-electron chi connectivity index (χ0n) is 17.0. The number of likely N-dealkylation sites (N-methyl/N-ethyl adjacent to an activating group) is 1. The molecule has 4 rings (SSSR count). The fraction of sp³-hybridized carbons (Fsp3) is 0.160. The Kier molecular flexibility index (Phi) is 5.61. The number of rotatable bonds is 4. The Hall–Kier alpha value is -3.82. The Morgan fingerprint density at radius 1 is 1.10 bits per heavy atom. The van der Waals surface area contributed by atoms with Crippen LogP contribution in [0.15, 0.2) is 77.8 Å². The molecule has 0 aromatic heterocycles. The molecule has 0 bridgehead atoms. The molecular formula is C25H21FN4O. The second-order valence-electron chi connectivity index (χ2n) is 7.44. The number of fused-ring (bicyclic) bond motifs is 1. The molecule has 3 aromatic carbocycles. The second-order valence-corrected chi connectivity index (χ2v) is 7.44. The van der Waals surface area contributed by atoms with Crippen LogP contribution in [0.2, 0.25) is 0 Å². The Balaban J connectivity index is 1.73. The summed E-state index contributed by atoms with van der Waals surface area (Å²) in [6, 6.07) is 21.3. The summed E-state index contributed by atoms with van der Waals surface area (Å²) in [5.74, 6) is -0.585. The Bertz CT molecular complexity index is 1200. The minimum absolute atomic E-state index is 0.233. The van der Waals surface area contributed by atoms with E-state index in [1.54, 1.807) is 42.5 Å². The second kappa shape index (κ2) is 8.50. The van der Waals surface area contributed by atoms with Crippen molar-refractivity contribution in [3.05, 3.63) is 101 Å². The predicted molar refractivity (Wildman–Crippen MR) is 119 cm³/mol. The maximum Gasteiger partial charge on any atom is 0.181 e. The van der Waals surface area contributed by atoms with E-state index in [2.05, 4.69) is 0 Å². The van der Waals surface area contributed by atoms with E-state index in [-0.39, 0.29) is 18.1 Å². The predicted octanol–water partition coefficient (Wildman–Crippen LogP) is 3.56. The molecule has 6 heteroatoms. The number of nitriles is 1. The molecule has 0 aliphatic carbocycles. The number of ketones is 1. The van der Waals surface area contributed by atoms with Gasteiger partial charge in [-0.05, 0) is 30.3 Å². The zero-order valence-corrected chi connectivity index (χ0v) is 17.0. The largest absolute Gasteiger partial charge is 0.367 e. The van der Waals surface area contributed by atoms with E-state index < -0.39 is 12.1 Å². The summed E-state index contributed by atoms with van der Waals surface area (Å²) in [6.45, 7) is 0.234. The summed E-state index contributed by atoms with van der Waals surface area (Å²) in [6.07, 6.45) is 0. The van der Waals surface area contributed by atoms with Crippen molar-refractivity contribution in [2.45, 2.75) is 12.1 Å². The molecule has 1 aliphatic rings. The summed E-state index contributed by atoms with van der Waals surface area (Å²) in [5.41, 5.74) is 9.92. The highest BCUT2D eigenvalue weighted by molar-refractivity contribution is 6.16. The fourth-order valence-electron chi connectivity index (χ4n) is 3.87. The molecule has 0 saturated heterocycles. The van der Waals surface area contributed by atoms with Crippen LogP contribution in [-0.2, 0) is 0 Å². The van der Waals surface area contributed by atoms with Gasteiger partial charge in [0.25, 0.3) is 0 Å². The van der Waals surface area contributed by atoms with Crippen molar-refractivity contribution in [2.75, 3.05) is 18.5 Å². The Morgan fingerprint density at radius 3 is 2.42 bits per heavy atom. The molecule has 3 aromatic rings. The van der Waals surface area contributed by atoms with Crippen LogP contribution in [0.5, 0.6) is 0 Å². The fourth-order valence-corrected chi connectivity index (χ4v) is 3.87. The number of para-hydroxylation sites is 1. The maximum absolute atomic E-state index is 14.6. The number of benzene rings is 3. The van der Waals surface area contributed by atoms with Gasteiger partial charge < -0.3 is 10.6 Å². The van der Waals surface area contributed by atoms with E-state index in [0.717, 1.165) is 11.3 Å². The highest BCUT2D eigenvalue weighted by Gasteiger charge is 2.32. The number of hydrogen-bond acceptors (Lipinski definition) is 5. The molecule has 5 nitrogen and oxygen atoms in total. The summed E-state index contributed by atoms with van der Waals surface area (Å²) < 4.78 is 14.6. The van der Waals surface area contributed by atoms with Gasteiger partial charge in [-0.25, -0.2) is 4.39 Å². The van der Waals surface area contributed by atoms with E-state index in [4.69, 9.17) is 16.0 Å². The highest BCUT2D eigenvalue weighted by atomic mass is 19.1. The van der Waals surface area contributed by atoms with Crippen molar-refractivity contribution in [1.29, 1.82) is 5.26 Å². The van der Waals surface area contributed by atoms with Gasteiger partial charge in [0.1, 0.15) is 5.82 Å². The van der Waals surface area contributed by atoms with Crippen LogP contribution in [0.25, 0.3) is 0 Å². The number of Topliss-reactive ketones (excluding diaryl/α,β-unsaturated/α-hetero) is 1. The van der Waals surface area contributed by atoms with Crippen LogP contribution in [-0.4, -0.2) is 37.2 Å². The topological polar surface area (TPSA) is 82.5 Å². The molecule has 2 unspecified atom stereocenters. The number of aliphatic imine (C=N–C) groups is 1. The first-order valence-corrected chi connectivity index (χ1v) is 9.93. The molecule has 0 spiro atoms. The average molecular weight is 412 g/mol. The lowest BCUT2D eigenvalue weighted by Crippen LogP contribution is -2.52. The van der Waals surface area contributed by atoms with E-state index >= 15 is 0 Å². The molecule has 0 saturated carbocycles.